The molecule has 0 spiro atoms. The standard InChI is InChI=1S/C15H20N2O2S2/c1-17(11-5-8-13-6-3-2-4-7-13)21(18,19)15-10-9-14(12-16)20-15/h2-4,6-7,9-10H,5,8,11-12,16H2,1H3. The van der Waals surface area contributed by atoms with E-state index in [-0.39, 0.29) is 0 Å². The minimum Gasteiger partial charge on any atom is -0.326 e. The first-order valence-corrected chi connectivity index (χ1v) is 9.09. The molecule has 1 aromatic heterocycles. The molecule has 0 fully saturated rings. The zero-order valence-electron chi connectivity index (χ0n) is 12.0. The molecule has 0 radical (unpaired) electrons. The topological polar surface area (TPSA) is 63.4 Å². The third kappa shape index (κ3) is 4.14. The molecule has 1 aromatic carbocycles. The summed E-state index contributed by atoms with van der Waals surface area (Å²) in [6, 6.07) is 13.5. The minimum atomic E-state index is -3.39. The molecule has 4 nitrogen and oxygen atoms in total. The maximum Gasteiger partial charge on any atom is 0.252 e. The summed E-state index contributed by atoms with van der Waals surface area (Å²) in [7, 11) is -1.76. The smallest absolute Gasteiger partial charge is 0.252 e. The second kappa shape index (κ2) is 7.17. The van der Waals surface area contributed by atoms with Gasteiger partial charge in [-0.1, -0.05) is 30.3 Å². The van der Waals surface area contributed by atoms with Gasteiger partial charge in [0.2, 0.25) is 0 Å². The van der Waals surface area contributed by atoms with Crippen molar-refractivity contribution < 1.29 is 8.42 Å². The van der Waals surface area contributed by atoms with Crippen LogP contribution in [0.15, 0.2) is 46.7 Å². The van der Waals surface area contributed by atoms with Crippen LogP contribution in [0.3, 0.4) is 0 Å². The highest BCUT2D eigenvalue weighted by atomic mass is 32.2. The summed E-state index contributed by atoms with van der Waals surface area (Å²) >= 11 is 1.24. The fourth-order valence-corrected chi connectivity index (χ4v) is 4.69. The third-order valence-electron chi connectivity index (χ3n) is 3.28. The van der Waals surface area contributed by atoms with Crippen molar-refractivity contribution in [3.63, 3.8) is 0 Å². The van der Waals surface area contributed by atoms with E-state index in [2.05, 4.69) is 12.1 Å². The van der Waals surface area contributed by atoms with Crippen LogP contribution in [0.2, 0.25) is 0 Å². The number of rotatable bonds is 7. The summed E-state index contributed by atoms with van der Waals surface area (Å²) in [5, 5.41) is 0. The highest BCUT2D eigenvalue weighted by molar-refractivity contribution is 7.91. The lowest BCUT2D eigenvalue weighted by Gasteiger charge is -2.15. The zero-order valence-corrected chi connectivity index (χ0v) is 13.7. The van der Waals surface area contributed by atoms with Crippen molar-refractivity contribution in [3.8, 4) is 0 Å². The lowest BCUT2D eigenvalue weighted by molar-refractivity contribution is 0.463. The molecule has 0 aliphatic carbocycles. The molecule has 21 heavy (non-hydrogen) atoms. The molecule has 2 N–H and O–H groups in total. The Bertz CT molecular complexity index is 666. The van der Waals surface area contributed by atoms with E-state index >= 15 is 0 Å². The van der Waals surface area contributed by atoms with Crippen molar-refractivity contribution in [3.05, 3.63) is 52.9 Å². The summed E-state index contributed by atoms with van der Waals surface area (Å²) in [5.74, 6) is 0. The Morgan fingerprint density at radius 3 is 2.48 bits per heavy atom. The van der Waals surface area contributed by atoms with Gasteiger partial charge in [0.15, 0.2) is 0 Å². The van der Waals surface area contributed by atoms with E-state index in [1.54, 1.807) is 19.2 Å². The summed E-state index contributed by atoms with van der Waals surface area (Å²) in [6.07, 6.45) is 1.67. The number of hydrogen-bond donors (Lipinski definition) is 1. The summed E-state index contributed by atoms with van der Waals surface area (Å²) in [6.45, 7) is 0.880. The van der Waals surface area contributed by atoms with Crippen LogP contribution in [-0.4, -0.2) is 26.3 Å². The van der Waals surface area contributed by atoms with Crippen LogP contribution in [0.25, 0.3) is 0 Å². The number of nitrogens with two attached hydrogens (primary N) is 1. The first-order chi connectivity index (χ1) is 10.0. The quantitative estimate of drug-likeness (QED) is 0.851. The van der Waals surface area contributed by atoms with Gasteiger partial charge in [-0.15, -0.1) is 11.3 Å². The SMILES string of the molecule is CN(CCCc1ccccc1)S(=O)(=O)c1ccc(CN)s1. The normalized spacial score (nSPS) is 12.0. The first-order valence-electron chi connectivity index (χ1n) is 6.83. The van der Waals surface area contributed by atoms with E-state index in [0.29, 0.717) is 17.3 Å². The molecule has 6 heteroatoms. The lowest BCUT2D eigenvalue weighted by atomic mass is 10.1. The van der Waals surface area contributed by atoms with Crippen molar-refractivity contribution in [2.24, 2.45) is 5.73 Å². The molecule has 1 heterocycles. The number of hydrogen-bond acceptors (Lipinski definition) is 4. The Balaban J connectivity index is 1.94. The monoisotopic (exact) mass is 324 g/mol. The van der Waals surface area contributed by atoms with Crippen LogP contribution in [-0.2, 0) is 23.0 Å². The molecule has 0 unspecified atom stereocenters. The number of sulfonamides is 1. The zero-order chi connectivity index (χ0) is 15.3. The van der Waals surface area contributed by atoms with E-state index in [4.69, 9.17) is 5.73 Å². The molecule has 0 aliphatic heterocycles. The molecule has 0 amide bonds. The average molecular weight is 324 g/mol. The van der Waals surface area contributed by atoms with Crippen LogP contribution < -0.4 is 5.73 Å². The van der Waals surface area contributed by atoms with Crippen molar-refractivity contribution in [2.75, 3.05) is 13.6 Å². The maximum atomic E-state index is 12.4. The molecule has 2 rings (SSSR count). The van der Waals surface area contributed by atoms with E-state index in [1.807, 2.05) is 18.2 Å². The van der Waals surface area contributed by atoms with E-state index in [1.165, 1.54) is 21.2 Å². The van der Waals surface area contributed by atoms with Crippen LogP contribution in [0, 0.1) is 0 Å². The Morgan fingerprint density at radius 1 is 1.14 bits per heavy atom. The van der Waals surface area contributed by atoms with Gasteiger partial charge in [0, 0.05) is 25.0 Å². The van der Waals surface area contributed by atoms with Gasteiger partial charge in [-0.2, -0.15) is 0 Å². The van der Waals surface area contributed by atoms with Crippen LogP contribution in [0.5, 0.6) is 0 Å². The fraction of sp³-hybridized carbons (Fsp3) is 0.333. The summed E-state index contributed by atoms with van der Waals surface area (Å²) in [4.78, 5) is 0.881. The van der Waals surface area contributed by atoms with Gasteiger partial charge >= 0.3 is 0 Å². The van der Waals surface area contributed by atoms with Gasteiger partial charge in [-0.3, -0.25) is 0 Å². The van der Waals surface area contributed by atoms with Gasteiger partial charge < -0.3 is 5.73 Å². The Labute approximate surface area is 130 Å². The fourth-order valence-electron chi connectivity index (χ4n) is 2.03. The Kier molecular flexibility index (Phi) is 5.52. The number of aryl methyl sites for hydroxylation is 1. The highest BCUT2D eigenvalue weighted by Gasteiger charge is 2.22. The highest BCUT2D eigenvalue weighted by Crippen LogP contribution is 2.24. The number of thiophene rings is 1. The van der Waals surface area contributed by atoms with Crippen molar-refractivity contribution in [2.45, 2.75) is 23.6 Å². The molecule has 114 valence electrons. The molecule has 0 bridgehead atoms. The number of nitrogens with zero attached hydrogens (tertiary/aromatic N) is 1. The van der Waals surface area contributed by atoms with E-state index < -0.39 is 10.0 Å². The molecular formula is C15H20N2O2S2. The number of benzene rings is 1. The second-order valence-corrected chi connectivity index (χ2v) is 8.28. The van der Waals surface area contributed by atoms with Crippen molar-refractivity contribution >= 4 is 21.4 Å². The van der Waals surface area contributed by atoms with Crippen LogP contribution in [0.4, 0.5) is 0 Å². The summed E-state index contributed by atoms with van der Waals surface area (Å²) in [5.41, 5.74) is 6.76. The van der Waals surface area contributed by atoms with Gasteiger partial charge in [-0.25, -0.2) is 12.7 Å². The summed E-state index contributed by atoms with van der Waals surface area (Å²) < 4.78 is 26.6. The van der Waals surface area contributed by atoms with Gasteiger partial charge in [0.05, 0.1) is 0 Å². The van der Waals surface area contributed by atoms with Gasteiger partial charge in [-0.05, 0) is 30.5 Å². The molecule has 0 saturated carbocycles. The predicted molar refractivity (Wildman–Crippen MR) is 86.8 cm³/mol. The van der Waals surface area contributed by atoms with Gasteiger partial charge in [0.25, 0.3) is 10.0 Å². The van der Waals surface area contributed by atoms with Gasteiger partial charge in [0.1, 0.15) is 4.21 Å². The molecular weight excluding hydrogens is 304 g/mol. The third-order valence-corrected chi connectivity index (χ3v) is 6.72. The minimum absolute atomic E-state index is 0.366. The first kappa shape index (κ1) is 16.2. The molecule has 0 saturated heterocycles. The lowest BCUT2D eigenvalue weighted by Crippen LogP contribution is -2.27. The van der Waals surface area contributed by atoms with Crippen LogP contribution >= 0.6 is 11.3 Å². The van der Waals surface area contributed by atoms with Crippen molar-refractivity contribution in [1.82, 2.24) is 4.31 Å². The Hall–Kier alpha value is -1.21. The van der Waals surface area contributed by atoms with Crippen LogP contribution in [0.1, 0.15) is 16.9 Å². The molecule has 2 aromatic rings. The molecule has 0 aliphatic rings. The van der Waals surface area contributed by atoms with E-state index in [9.17, 15) is 8.42 Å². The average Bonchev–Trinajstić information content (AvgIpc) is 2.98. The van der Waals surface area contributed by atoms with E-state index in [0.717, 1.165) is 17.7 Å². The Morgan fingerprint density at radius 2 is 1.86 bits per heavy atom. The maximum absolute atomic E-state index is 12.4. The largest absolute Gasteiger partial charge is 0.326 e. The molecule has 0 atom stereocenters. The predicted octanol–water partition coefficient (Wildman–Crippen LogP) is 2.46. The second-order valence-electron chi connectivity index (χ2n) is 4.84. The van der Waals surface area contributed by atoms with Crippen molar-refractivity contribution in [1.29, 1.82) is 0 Å².